The van der Waals surface area contributed by atoms with Crippen molar-refractivity contribution < 1.29 is 9.18 Å². The number of rotatable bonds is 4. The molecule has 164 valence electrons. The fourth-order valence-corrected chi connectivity index (χ4v) is 4.07. The van der Waals surface area contributed by atoms with Crippen molar-refractivity contribution in [3.8, 4) is 0 Å². The van der Waals surface area contributed by atoms with E-state index < -0.39 is 11.9 Å². The first-order chi connectivity index (χ1) is 16.0. The average Bonchev–Trinajstić information content (AvgIpc) is 3.22. The molecular weight excluding hydrogens is 441 g/mol. The Labute approximate surface area is 194 Å². The highest BCUT2D eigenvalue weighted by Gasteiger charge is 2.29. The van der Waals surface area contributed by atoms with Crippen molar-refractivity contribution in [1.82, 2.24) is 14.8 Å². The van der Waals surface area contributed by atoms with E-state index >= 15 is 0 Å². The van der Waals surface area contributed by atoms with Gasteiger partial charge in [0.05, 0.1) is 0 Å². The summed E-state index contributed by atoms with van der Waals surface area (Å²) in [5, 5.41) is 10.7. The summed E-state index contributed by atoms with van der Waals surface area (Å²) in [5.41, 5.74) is 3.36. The minimum absolute atomic E-state index is 0.101. The number of halogens is 2. The highest BCUT2D eigenvalue weighted by molar-refractivity contribution is 6.31. The Bertz CT molecular complexity index is 1360. The third kappa shape index (κ3) is 4.10. The zero-order valence-corrected chi connectivity index (χ0v) is 18.3. The van der Waals surface area contributed by atoms with Crippen molar-refractivity contribution >= 4 is 35.1 Å². The predicted octanol–water partition coefficient (Wildman–Crippen LogP) is 5.69. The molecule has 1 amide bonds. The molecule has 0 aliphatic carbocycles. The van der Waals surface area contributed by atoms with Gasteiger partial charge < -0.3 is 5.32 Å². The van der Waals surface area contributed by atoms with Crippen molar-refractivity contribution in [3.63, 3.8) is 0 Å². The summed E-state index contributed by atoms with van der Waals surface area (Å²) >= 11 is 6.39. The highest BCUT2D eigenvalue weighted by atomic mass is 35.5. The van der Waals surface area contributed by atoms with E-state index in [1.54, 1.807) is 24.3 Å². The summed E-state index contributed by atoms with van der Waals surface area (Å²) in [7, 11) is 0. The summed E-state index contributed by atoms with van der Waals surface area (Å²) < 4.78 is 16.4. The average molecular weight is 460 g/mol. The highest BCUT2D eigenvalue weighted by Crippen LogP contribution is 2.37. The van der Waals surface area contributed by atoms with Gasteiger partial charge in [0.25, 0.3) is 11.9 Å². The zero-order chi connectivity index (χ0) is 22.9. The van der Waals surface area contributed by atoms with Gasteiger partial charge in [-0.05, 0) is 42.8 Å². The molecule has 1 aliphatic rings. The summed E-state index contributed by atoms with van der Waals surface area (Å²) in [6, 6.07) is 20.7. The Kier molecular flexibility index (Phi) is 5.40. The first kappa shape index (κ1) is 20.9. The van der Waals surface area contributed by atoms with E-state index in [0.29, 0.717) is 11.5 Å². The van der Waals surface area contributed by atoms with E-state index in [-0.39, 0.29) is 22.4 Å². The number of hydrogen-bond acceptors (Lipinski definition) is 4. The molecule has 1 aliphatic heterocycles. The normalized spacial score (nSPS) is 14.8. The van der Waals surface area contributed by atoms with Gasteiger partial charge in [-0.15, -0.1) is 5.10 Å². The molecule has 4 aromatic rings. The second kappa shape index (κ2) is 8.52. The monoisotopic (exact) mass is 459 g/mol. The molecule has 0 spiro atoms. The lowest BCUT2D eigenvalue weighted by Crippen LogP contribution is -2.21. The van der Waals surface area contributed by atoms with Crippen LogP contribution in [-0.2, 0) is 0 Å². The van der Waals surface area contributed by atoms with Gasteiger partial charge in [-0.25, -0.2) is 9.07 Å². The number of carbonyl (C=O) groups is 1. The standard InChI is InChI=1S/C25H19ClFN5O/c1-15-7-5-10-17(13-15)23(33)29-24-30-25-28-20(16-8-3-2-4-9-16)14-21(32(25)31-24)22-18(26)11-6-12-19(22)27/h2-14,21H,1H3,(H2,28,29,30,31,33)/t21-/m0/s1. The van der Waals surface area contributed by atoms with E-state index in [1.165, 1.54) is 10.7 Å². The number of amides is 1. The van der Waals surface area contributed by atoms with Crippen LogP contribution in [0, 0.1) is 12.7 Å². The van der Waals surface area contributed by atoms with Gasteiger partial charge in [-0.2, -0.15) is 4.98 Å². The van der Waals surface area contributed by atoms with Crippen molar-refractivity contribution in [2.45, 2.75) is 13.0 Å². The molecular formula is C25H19ClFN5O. The van der Waals surface area contributed by atoms with Crippen molar-refractivity contribution in [3.05, 3.63) is 112 Å². The number of aromatic nitrogens is 3. The number of carbonyl (C=O) groups excluding carboxylic acids is 1. The summed E-state index contributed by atoms with van der Waals surface area (Å²) in [4.78, 5) is 17.2. The fraction of sp³-hybridized carbons (Fsp3) is 0.0800. The molecule has 2 heterocycles. The van der Waals surface area contributed by atoms with Crippen LogP contribution in [0.15, 0.2) is 78.9 Å². The first-order valence-electron chi connectivity index (χ1n) is 10.3. The fourth-order valence-electron chi connectivity index (χ4n) is 3.79. The number of benzene rings is 3. The summed E-state index contributed by atoms with van der Waals surface area (Å²) in [6.45, 7) is 1.91. The van der Waals surface area contributed by atoms with Crippen molar-refractivity contribution in [2.75, 3.05) is 10.6 Å². The number of nitrogens with zero attached hydrogens (tertiary/aromatic N) is 3. The maximum atomic E-state index is 14.9. The first-order valence-corrected chi connectivity index (χ1v) is 10.7. The largest absolute Gasteiger partial charge is 0.324 e. The number of fused-ring (bicyclic) bond motifs is 1. The third-order valence-electron chi connectivity index (χ3n) is 5.35. The molecule has 1 atom stereocenters. The minimum Gasteiger partial charge on any atom is -0.324 e. The maximum absolute atomic E-state index is 14.9. The number of nitrogens with one attached hydrogen (secondary N) is 2. The van der Waals surface area contributed by atoms with Crippen LogP contribution in [-0.4, -0.2) is 20.7 Å². The molecule has 8 heteroatoms. The molecule has 33 heavy (non-hydrogen) atoms. The molecule has 0 saturated carbocycles. The molecule has 6 nitrogen and oxygen atoms in total. The van der Waals surface area contributed by atoms with Crippen LogP contribution in [0.2, 0.25) is 5.02 Å². The van der Waals surface area contributed by atoms with Crippen LogP contribution in [0.5, 0.6) is 0 Å². The SMILES string of the molecule is Cc1cccc(C(=O)Nc2nc3n(n2)[C@H](c2c(F)cccc2Cl)C=C(c2ccccc2)N3)c1. The Morgan fingerprint density at radius 2 is 1.88 bits per heavy atom. The smallest absolute Gasteiger partial charge is 0.258 e. The second-order valence-electron chi connectivity index (χ2n) is 7.68. The molecule has 0 fully saturated rings. The Balaban J connectivity index is 1.55. The van der Waals surface area contributed by atoms with Crippen LogP contribution >= 0.6 is 11.6 Å². The Morgan fingerprint density at radius 1 is 1.09 bits per heavy atom. The summed E-state index contributed by atoms with van der Waals surface area (Å²) in [6.07, 6.45) is 1.84. The van der Waals surface area contributed by atoms with Crippen molar-refractivity contribution in [1.29, 1.82) is 0 Å². The second-order valence-corrected chi connectivity index (χ2v) is 8.09. The van der Waals surface area contributed by atoms with Gasteiger partial charge in [0.15, 0.2) is 0 Å². The number of anilines is 2. The lowest BCUT2D eigenvalue weighted by Gasteiger charge is -2.25. The van der Waals surface area contributed by atoms with Crippen LogP contribution in [0.25, 0.3) is 5.70 Å². The molecule has 0 unspecified atom stereocenters. The molecule has 0 radical (unpaired) electrons. The molecule has 2 N–H and O–H groups in total. The van der Waals surface area contributed by atoms with Crippen molar-refractivity contribution in [2.24, 2.45) is 0 Å². The van der Waals surface area contributed by atoms with Crippen LogP contribution in [0.1, 0.15) is 33.1 Å². The molecule has 0 saturated heterocycles. The van der Waals surface area contributed by atoms with E-state index in [4.69, 9.17) is 11.6 Å². The molecule has 1 aromatic heterocycles. The van der Waals surface area contributed by atoms with Gasteiger partial charge >= 0.3 is 0 Å². The van der Waals surface area contributed by atoms with E-state index in [9.17, 15) is 9.18 Å². The molecule has 0 bridgehead atoms. The number of hydrogen-bond donors (Lipinski definition) is 2. The van der Waals surface area contributed by atoms with Gasteiger partial charge in [0, 0.05) is 21.8 Å². The van der Waals surface area contributed by atoms with Gasteiger partial charge in [0.2, 0.25) is 5.95 Å². The third-order valence-corrected chi connectivity index (χ3v) is 5.68. The number of aryl methyl sites for hydroxylation is 1. The maximum Gasteiger partial charge on any atom is 0.258 e. The lowest BCUT2D eigenvalue weighted by molar-refractivity contribution is 0.102. The predicted molar refractivity (Wildman–Crippen MR) is 127 cm³/mol. The zero-order valence-electron chi connectivity index (χ0n) is 17.6. The Morgan fingerprint density at radius 3 is 2.64 bits per heavy atom. The summed E-state index contributed by atoms with van der Waals surface area (Å²) in [5.74, 6) is -0.326. The van der Waals surface area contributed by atoms with E-state index in [1.807, 2.05) is 55.5 Å². The number of allylic oxidation sites excluding steroid dienone is 1. The lowest BCUT2D eigenvalue weighted by atomic mass is 10.0. The minimum atomic E-state index is -0.665. The van der Waals surface area contributed by atoms with E-state index in [0.717, 1.165) is 16.8 Å². The quantitative estimate of drug-likeness (QED) is 0.411. The Hall–Kier alpha value is -3.97. The topological polar surface area (TPSA) is 71.8 Å². The van der Waals surface area contributed by atoms with Gasteiger partial charge in [0.1, 0.15) is 11.9 Å². The van der Waals surface area contributed by atoms with E-state index in [2.05, 4.69) is 20.7 Å². The van der Waals surface area contributed by atoms with Crippen LogP contribution in [0.4, 0.5) is 16.3 Å². The molecule has 3 aromatic carbocycles. The van der Waals surface area contributed by atoms with Crippen LogP contribution < -0.4 is 10.6 Å². The molecule has 5 rings (SSSR count). The van der Waals surface area contributed by atoms with Gasteiger partial charge in [-0.3, -0.25) is 10.1 Å². The van der Waals surface area contributed by atoms with Crippen LogP contribution in [0.3, 0.4) is 0 Å². The van der Waals surface area contributed by atoms with Gasteiger partial charge in [-0.1, -0.05) is 65.7 Å².